The molecule has 2 rings (SSSR count). The highest BCUT2D eigenvalue weighted by Gasteiger charge is 2.21. The van der Waals surface area contributed by atoms with Gasteiger partial charge in [0.1, 0.15) is 12.2 Å². The highest BCUT2D eigenvalue weighted by molar-refractivity contribution is 7.13. The minimum absolute atomic E-state index is 0.132. The normalized spacial score (nSPS) is 10.7. The van der Waals surface area contributed by atoms with E-state index in [-0.39, 0.29) is 24.1 Å². The molecule has 0 saturated carbocycles. The monoisotopic (exact) mass is 409 g/mol. The second-order valence-electron chi connectivity index (χ2n) is 6.29. The van der Waals surface area contributed by atoms with E-state index in [0.29, 0.717) is 11.4 Å². The number of amides is 2. The number of nitrogens with zero attached hydrogens (tertiary/aromatic N) is 2. The van der Waals surface area contributed by atoms with Crippen LogP contribution in [0.4, 0.5) is 15.2 Å². The van der Waals surface area contributed by atoms with Crippen LogP contribution in [-0.4, -0.2) is 34.5 Å². The van der Waals surface area contributed by atoms with Crippen LogP contribution in [0.3, 0.4) is 0 Å². The molecule has 0 saturated heterocycles. The molecule has 0 unspecified atom stereocenters. The van der Waals surface area contributed by atoms with E-state index in [1.54, 1.807) is 0 Å². The van der Waals surface area contributed by atoms with Gasteiger partial charge in [-0.15, -0.1) is 11.3 Å². The number of carboxylic acids is 1. The molecule has 0 spiro atoms. The Morgan fingerprint density at radius 2 is 1.96 bits per heavy atom. The van der Waals surface area contributed by atoms with Gasteiger partial charge in [0.15, 0.2) is 5.13 Å². The smallest absolute Gasteiger partial charge is 0.309 e. The van der Waals surface area contributed by atoms with E-state index >= 15 is 0 Å². The number of carbonyl (C=O) groups is 3. The lowest BCUT2D eigenvalue weighted by Gasteiger charge is -2.22. The van der Waals surface area contributed by atoms with Gasteiger partial charge < -0.3 is 10.4 Å². The molecule has 0 fully saturated rings. The second-order valence-corrected chi connectivity index (χ2v) is 7.15. The first kappa shape index (κ1) is 21.5. The van der Waals surface area contributed by atoms with E-state index in [4.69, 9.17) is 9.94 Å². The van der Waals surface area contributed by atoms with Crippen LogP contribution in [0.1, 0.15) is 26.0 Å². The van der Waals surface area contributed by atoms with Crippen LogP contribution in [0.15, 0.2) is 29.6 Å². The zero-order valence-electron chi connectivity index (χ0n) is 15.3. The Kier molecular flexibility index (Phi) is 7.59. The largest absolute Gasteiger partial charge is 0.481 e. The number of aromatic nitrogens is 1. The van der Waals surface area contributed by atoms with Crippen LogP contribution in [0.5, 0.6) is 0 Å². The predicted octanol–water partition coefficient (Wildman–Crippen LogP) is 2.86. The van der Waals surface area contributed by atoms with Gasteiger partial charge in [-0.05, 0) is 30.2 Å². The number of carboxylic acid groups (broad SMARTS) is 1. The summed E-state index contributed by atoms with van der Waals surface area (Å²) < 4.78 is 13.1. The number of anilines is 2. The van der Waals surface area contributed by atoms with Crippen LogP contribution in [-0.2, 0) is 25.6 Å². The summed E-state index contributed by atoms with van der Waals surface area (Å²) in [6.07, 6.45) is -0.782. The molecule has 1 aromatic heterocycles. The summed E-state index contributed by atoms with van der Waals surface area (Å²) in [7, 11) is 0. The standard InChI is InChI=1S/C18H20FN3O5S/c1-11(2)9-27-22(14-5-3-12(19)4-6-14)16(24)8-15(23)21-18-20-13(10-28-18)7-17(25)26/h3-6,10-11H,7-9H2,1-2H3,(H,25,26)(H,20,21,23). The first-order chi connectivity index (χ1) is 13.2. The maximum absolute atomic E-state index is 13.1. The van der Waals surface area contributed by atoms with E-state index in [0.717, 1.165) is 16.4 Å². The van der Waals surface area contributed by atoms with E-state index in [9.17, 15) is 18.8 Å². The van der Waals surface area contributed by atoms with Gasteiger partial charge in [0.05, 0.1) is 24.4 Å². The fraction of sp³-hybridized carbons (Fsp3) is 0.333. The Hall–Kier alpha value is -2.85. The number of hydrogen-bond donors (Lipinski definition) is 2. The molecule has 0 aliphatic carbocycles. The van der Waals surface area contributed by atoms with Crippen LogP contribution < -0.4 is 10.4 Å². The van der Waals surface area contributed by atoms with Crippen molar-refractivity contribution < 1.29 is 28.7 Å². The zero-order chi connectivity index (χ0) is 20.7. The van der Waals surface area contributed by atoms with Gasteiger partial charge in [-0.25, -0.2) is 9.37 Å². The number of benzene rings is 1. The first-order valence-electron chi connectivity index (χ1n) is 8.42. The van der Waals surface area contributed by atoms with Crippen LogP contribution >= 0.6 is 11.3 Å². The molecule has 8 nitrogen and oxygen atoms in total. The number of hydroxylamine groups is 1. The number of rotatable bonds is 9. The van der Waals surface area contributed by atoms with Gasteiger partial charge in [-0.3, -0.25) is 19.2 Å². The first-order valence-corrected chi connectivity index (χ1v) is 9.30. The number of hydrogen-bond acceptors (Lipinski definition) is 6. The molecule has 0 bridgehead atoms. The van der Waals surface area contributed by atoms with Gasteiger partial charge in [-0.1, -0.05) is 13.8 Å². The number of carbonyl (C=O) groups excluding carboxylic acids is 2. The van der Waals surface area contributed by atoms with Crippen LogP contribution in [0.25, 0.3) is 0 Å². The van der Waals surface area contributed by atoms with Crippen molar-refractivity contribution >= 4 is 39.9 Å². The molecule has 10 heteroatoms. The van der Waals surface area contributed by atoms with Crippen molar-refractivity contribution in [3.05, 3.63) is 41.2 Å². The van der Waals surface area contributed by atoms with Crippen molar-refractivity contribution in [2.24, 2.45) is 5.92 Å². The van der Waals surface area contributed by atoms with Gasteiger partial charge in [0.2, 0.25) is 5.91 Å². The van der Waals surface area contributed by atoms with Crippen LogP contribution in [0, 0.1) is 11.7 Å². The van der Waals surface area contributed by atoms with E-state index in [1.807, 2.05) is 13.8 Å². The third-order valence-corrected chi connectivity index (χ3v) is 4.07. The SMILES string of the molecule is CC(C)CON(C(=O)CC(=O)Nc1nc(CC(=O)O)cs1)c1ccc(F)cc1. The predicted molar refractivity (Wildman–Crippen MR) is 101 cm³/mol. The highest BCUT2D eigenvalue weighted by Crippen LogP contribution is 2.19. The summed E-state index contributed by atoms with van der Waals surface area (Å²) in [6, 6.07) is 5.14. The number of halogens is 1. The van der Waals surface area contributed by atoms with Crippen molar-refractivity contribution in [2.45, 2.75) is 26.7 Å². The molecule has 0 radical (unpaired) electrons. The van der Waals surface area contributed by atoms with Crippen LogP contribution in [0.2, 0.25) is 0 Å². The van der Waals surface area contributed by atoms with Gasteiger partial charge in [-0.2, -0.15) is 5.06 Å². The minimum atomic E-state index is -1.03. The lowest BCUT2D eigenvalue weighted by molar-refractivity contribution is -0.136. The molecule has 2 aromatic rings. The topological polar surface area (TPSA) is 109 Å². The molecule has 0 aliphatic rings. The third-order valence-electron chi connectivity index (χ3n) is 3.27. The van der Waals surface area contributed by atoms with Crippen molar-refractivity contribution in [2.75, 3.05) is 17.0 Å². The average Bonchev–Trinajstić information content (AvgIpc) is 3.02. The summed E-state index contributed by atoms with van der Waals surface area (Å²) in [5, 5.41) is 13.9. The summed E-state index contributed by atoms with van der Waals surface area (Å²) >= 11 is 1.06. The summed E-state index contributed by atoms with van der Waals surface area (Å²) in [5.41, 5.74) is 0.616. The molecule has 28 heavy (non-hydrogen) atoms. The quantitative estimate of drug-likeness (QED) is 0.487. The van der Waals surface area contributed by atoms with Crippen molar-refractivity contribution in [1.29, 1.82) is 0 Å². The molecular weight excluding hydrogens is 389 g/mol. The summed E-state index contributed by atoms with van der Waals surface area (Å²) in [6.45, 7) is 4.03. The minimum Gasteiger partial charge on any atom is -0.481 e. The van der Waals surface area contributed by atoms with Crippen molar-refractivity contribution in [3.63, 3.8) is 0 Å². The molecule has 2 N–H and O–H groups in total. The lowest BCUT2D eigenvalue weighted by atomic mass is 10.2. The average molecular weight is 409 g/mol. The number of nitrogens with one attached hydrogen (secondary N) is 1. The maximum Gasteiger partial charge on any atom is 0.309 e. The lowest BCUT2D eigenvalue weighted by Crippen LogP contribution is -2.35. The highest BCUT2D eigenvalue weighted by atomic mass is 32.1. The number of aliphatic carboxylic acids is 1. The Morgan fingerprint density at radius 1 is 1.29 bits per heavy atom. The van der Waals surface area contributed by atoms with Gasteiger partial charge >= 0.3 is 5.97 Å². The second kappa shape index (κ2) is 9.90. The van der Waals surface area contributed by atoms with E-state index in [1.165, 1.54) is 29.6 Å². The van der Waals surface area contributed by atoms with E-state index < -0.39 is 30.0 Å². The van der Waals surface area contributed by atoms with E-state index in [2.05, 4.69) is 10.3 Å². The maximum atomic E-state index is 13.1. The Morgan fingerprint density at radius 3 is 2.57 bits per heavy atom. The molecular formula is C18H20FN3O5S. The Bertz CT molecular complexity index is 838. The number of thiazole rings is 1. The molecule has 1 aromatic carbocycles. The Labute approximate surface area is 164 Å². The molecule has 0 aliphatic heterocycles. The third kappa shape index (κ3) is 6.71. The van der Waals surface area contributed by atoms with Gasteiger partial charge in [0, 0.05) is 5.38 Å². The summed E-state index contributed by atoms with van der Waals surface area (Å²) in [4.78, 5) is 44.8. The molecule has 0 atom stereocenters. The molecule has 2 amide bonds. The Balaban J connectivity index is 2.02. The van der Waals surface area contributed by atoms with Crippen molar-refractivity contribution in [3.8, 4) is 0 Å². The molecule has 1 heterocycles. The molecule has 150 valence electrons. The fourth-order valence-corrected chi connectivity index (χ4v) is 2.79. The summed E-state index contributed by atoms with van der Waals surface area (Å²) in [5.74, 6) is -2.62. The fourth-order valence-electron chi connectivity index (χ4n) is 2.06. The zero-order valence-corrected chi connectivity index (χ0v) is 16.2. The van der Waals surface area contributed by atoms with Gasteiger partial charge in [0.25, 0.3) is 5.91 Å². The van der Waals surface area contributed by atoms with Crippen molar-refractivity contribution in [1.82, 2.24) is 4.98 Å².